The zero-order valence-electron chi connectivity index (χ0n) is 15.9. The van der Waals surface area contributed by atoms with Gasteiger partial charge in [-0.25, -0.2) is 4.39 Å². The lowest BCUT2D eigenvalue weighted by atomic mass is 9.97. The molecule has 5 nitrogen and oxygen atoms in total. The molecule has 2 aromatic rings. The Kier molecular flexibility index (Phi) is 5.03. The number of amides is 2. The third-order valence-corrected chi connectivity index (χ3v) is 5.25. The first kappa shape index (κ1) is 18.5. The Morgan fingerprint density at radius 3 is 2.82 bits per heavy atom. The van der Waals surface area contributed by atoms with Crippen LogP contribution in [0.4, 0.5) is 15.8 Å². The summed E-state index contributed by atoms with van der Waals surface area (Å²) in [6, 6.07) is 10.5. The van der Waals surface area contributed by atoms with Gasteiger partial charge in [0.2, 0.25) is 5.91 Å². The Hall–Kier alpha value is -2.89. The van der Waals surface area contributed by atoms with Crippen LogP contribution >= 0.6 is 0 Å². The predicted molar refractivity (Wildman–Crippen MR) is 107 cm³/mol. The lowest BCUT2D eigenvalue weighted by Crippen LogP contribution is -2.37. The molecule has 1 fully saturated rings. The van der Waals surface area contributed by atoms with E-state index in [9.17, 15) is 14.0 Å². The molecule has 0 unspecified atom stereocenters. The molecule has 4 rings (SSSR count). The molecule has 1 saturated carbocycles. The summed E-state index contributed by atoms with van der Waals surface area (Å²) in [5.41, 5.74) is 3.62. The summed E-state index contributed by atoms with van der Waals surface area (Å²) in [6.45, 7) is 2.81. The zero-order chi connectivity index (χ0) is 19.7. The second-order valence-corrected chi connectivity index (χ2v) is 7.59. The molecule has 0 bridgehead atoms. The zero-order valence-corrected chi connectivity index (χ0v) is 15.9. The molecule has 0 spiro atoms. The largest absolute Gasteiger partial charge is 0.362 e. The Bertz CT molecular complexity index is 924. The number of carbonyl (C=O) groups is 2. The monoisotopic (exact) mass is 381 g/mol. The maximum atomic E-state index is 14.2. The molecular weight excluding hydrogens is 357 g/mol. The molecule has 2 aliphatic rings. The number of fused-ring (bicyclic) bond motifs is 1. The Labute approximate surface area is 163 Å². The molecule has 28 heavy (non-hydrogen) atoms. The van der Waals surface area contributed by atoms with Crippen LogP contribution in [0.5, 0.6) is 0 Å². The van der Waals surface area contributed by atoms with E-state index >= 15 is 0 Å². The van der Waals surface area contributed by atoms with Crippen LogP contribution in [0.1, 0.15) is 40.7 Å². The van der Waals surface area contributed by atoms with Crippen molar-refractivity contribution in [2.75, 3.05) is 23.3 Å². The van der Waals surface area contributed by atoms with Crippen LogP contribution < -0.4 is 15.5 Å². The first-order valence-corrected chi connectivity index (χ1v) is 9.75. The summed E-state index contributed by atoms with van der Waals surface area (Å²) < 4.78 is 14.2. The SMILES string of the molecule is Cc1ccc(F)c2c1N(CC(=O)Nc1cccc(C(=O)NC3CC3)c1)CCC2. The molecule has 6 heteroatoms. The van der Waals surface area contributed by atoms with Gasteiger partial charge in [-0.2, -0.15) is 0 Å². The molecule has 2 N–H and O–H groups in total. The van der Waals surface area contributed by atoms with Gasteiger partial charge >= 0.3 is 0 Å². The van der Waals surface area contributed by atoms with Crippen LogP contribution in [0.2, 0.25) is 0 Å². The van der Waals surface area contributed by atoms with Crippen molar-refractivity contribution >= 4 is 23.2 Å². The number of nitrogens with one attached hydrogen (secondary N) is 2. The highest BCUT2D eigenvalue weighted by Gasteiger charge is 2.25. The van der Waals surface area contributed by atoms with E-state index in [0.29, 0.717) is 29.8 Å². The van der Waals surface area contributed by atoms with E-state index in [0.717, 1.165) is 30.5 Å². The second-order valence-electron chi connectivity index (χ2n) is 7.59. The molecule has 1 aliphatic carbocycles. The molecule has 0 aromatic heterocycles. The van der Waals surface area contributed by atoms with Crippen molar-refractivity contribution in [1.82, 2.24) is 5.32 Å². The number of aryl methyl sites for hydroxylation is 1. The van der Waals surface area contributed by atoms with Gasteiger partial charge in [-0.05, 0) is 62.4 Å². The number of halogens is 1. The van der Waals surface area contributed by atoms with Crippen LogP contribution in [0.15, 0.2) is 36.4 Å². The smallest absolute Gasteiger partial charge is 0.251 e. The fourth-order valence-corrected chi connectivity index (χ4v) is 3.73. The minimum absolute atomic E-state index is 0.116. The van der Waals surface area contributed by atoms with E-state index < -0.39 is 0 Å². The van der Waals surface area contributed by atoms with Crippen LogP contribution in [0.3, 0.4) is 0 Å². The topological polar surface area (TPSA) is 61.4 Å². The van der Waals surface area contributed by atoms with Gasteiger partial charge in [0.15, 0.2) is 0 Å². The molecule has 0 saturated heterocycles. The van der Waals surface area contributed by atoms with E-state index in [2.05, 4.69) is 10.6 Å². The third-order valence-electron chi connectivity index (χ3n) is 5.25. The molecule has 2 aromatic carbocycles. The van der Waals surface area contributed by atoms with Crippen LogP contribution in [0.25, 0.3) is 0 Å². The summed E-state index contributed by atoms with van der Waals surface area (Å²) in [5.74, 6) is -0.508. The normalized spacial score (nSPS) is 15.7. The first-order valence-electron chi connectivity index (χ1n) is 9.75. The summed E-state index contributed by atoms with van der Waals surface area (Å²) in [7, 11) is 0. The maximum absolute atomic E-state index is 14.2. The number of carbonyl (C=O) groups excluding carboxylic acids is 2. The highest BCUT2D eigenvalue weighted by molar-refractivity contribution is 5.98. The van der Waals surface area contributed by atoms with Gasteiger partial charge in [-0.1, -0.05) is 12.1 Å². The number of hydrogen-bond donors (Lipinski definition) is 2. The van der Waals surface area contributed by atoms with Gasteiger partial charge in [0.05, 0.1) is 6.54 Å². The van der Waals surface area contributed by atoms with E-state index in [1.54, 1.807) is 30.3 Å². The van der Waals surface area contributed by atoms with Gasteiger partial charge in [-0.3, -0.25) is 9.59 Å². The molecule has 2 amide bonds. The molecule has 1 aliphatic heterocycles. The fraction of sp³-hybridized carbons (Fsp3) is 0.364. The van der Waals surface area contributed by atoms with Gasteiger partial charge in [0.1, 0.15) is 5.82 Å². The molecule has 146 valence electrons. The Morgan fingerprint density at radius 1 is 1.21 bits per heavy atom. The lowest BCUT2D eigenvalue weighted by molar-refractivity contribution is -0.115. The third kappa shape index (κ3) is 4.01. The van der Waals surface area contributed by atoms with Gasteiger partial charge in [0.25, 0.3) is 5.91 Å². The summed E-state index contributed by atoms with van der Waals surface area (Å²) in [6.07, 6.45) is 3.57. The van der Waals surface area contributed by atoms with Crippen molar-refractivity contribution in [2.45, 2.75) is 38.6 Å². The minimum atomic E-state index is -0.208. The quantitative estimate of drug-likeness (QED) is 0.834. The number of anilines is 2. The predicted octanol–water partition coefficient (Wildman–Crippen LogP) is 3.42. The Morgan fingerprint density at radius 2 is 2.04 bits per heavy atom. The standard InChI is InChI=1S/C22H24FN3O2/c1-14-7-10-19(23)18-6-3-11-26(21(14)18)13-20(27)24-17-5-2-4-15(12-17)22(28)25-16-8-9-16/h2,4-5,7,10,12,16H,3,6,8-9,11,13H2,1H3,(H,24,27)(H,25,28). The lowest BCUT2D eigenvalue weighted by Gasteiger charge is -2.32. The minimum Gasteiger partial charge on any atom is -0.362 e. The molecule has 1 heterocycles. The second kappa shape index (κ2) is 7.62. The van der Waals surface area contributed by atoms with E-state index in [1.165, 1.54) is 6.07 Å². The van der Waals surface area contributed by atoms with Crippen molar-refractivity contribution in [3.8, 4) is 0 Å². The van der Waals surface area contributed by atoms with Crippen LogP contribution in [-0.4, -0.2) is 30.9 Å². The van der Waals surface area contributed by atoms with E-state index in [-0.39, 0.29) is 30.2 Å². The highest BCUT2D eigenvalue weighted by Crippen LogP contribution is 2.32. The number of rotatable bonds is 5. The van der Waals surface area contributed by atoms with Gasteiger partial charge in [-0.15, -0.1) is 0 Å². The summed E-state index contributed by atoms with van der Waals surface area (Å²) in [5, 5.41) is 5.81. The van der Waals surface area contributed by atoms with Gasteiger partial charge < -0.3 is 15.5 Å². The van der Waals surface area contributed by atoms with E-state index in [4.69, 9.17) is 0 Å². The summed E-state index contributed by atoms with van der Waals surface area (Å²) in [4.78, 5) is 26.7. The number of nitrogens with zero attached hydrogens (tertiary/aromatic N) is 1. The van der Waals surface area contributed by atoms with Crippen LogP contribution in [-0.2, 0) is 11.2 Å². The maximum Gasteiger partial charge on any atom is 0.251 e. The average Bonchev–Trinajstić information content (AvgIpc) is 3.49. The summed E-state index contributed by atoms with van der Waals surface area (Å²) >= 11 is 0. The van der Waals surface area contributed by atoms with Crippen molar-refractivity contribution in [3.05, 3.63) is 58.9 Å². The van der Waals surface area contributed by atoms with Gasteiger partial charge in [0, 0.05) is 35.1 Å². The van der Waals surface area contributed by atoms with Crippen LogP contribution in [0, 0.1) is 12.7 Å². The molecular formula is C22H24FN3O2. The fourth-order valence-electron chi connectivity index (χ4n) is 3.73. The molecule has 0 atom stereocenters. The highest BCUT2D eigenvalue weighted by atomic mass is 19.1. The number of hydrogen-bond acceptors (Lipinski definition) is 3. The first-order chi connectivity index (χ1) is 13.5. The molecule has 0 radical (unpaired) electrons. The number of benzene rings is 2. The van der Waals surface area contributed by atoms with Crippen molar-refractivity contribution < 1.29 is 14.0 Å². The van der Waals surface area contributed by atoms with Crippen molar-refractivity contribution in [3.63, 3.8) is 0 Å². The van der Waals surface area contributed by atoms with Crippen molar-refractivity contribution in [2.24, 2.45) is 0 Å². The van der Waals surface area contributed by atoms with Crippen molar-refractivity contribution in [1.29, 1.82) is 0 Å². The van der Waals surface area contributed by atoms with E-state index in [1.807, 2.05) is 11.8 Å². The Balaban J connectivity index is 1.44. The average molecular weight is 381 g/mol.